The van der Waals surface area contributed by atoms with E-state index < -0.39 is 0 Å². The zero-order valence-electron chi connectivity index (χ0n) is 13.2. The number of benzene rings is 1. The van der Waals surface area contributed by atoms with Gasteiger partial charge in [-0.3, -0.25) is 9.69 Å². The van der Waals surface area contributed by atoms with Crippen molar-refractivity contribution in [2.75, 3.05) is 26.7 Å². The van der Waals surface area contributed by atoms with Crippen molar-refractivity contribution in [1.29, 1.82) is 0 Å². The Hall–Kier alpha value is -1.35. The van der Waals surface area contributed by atoms with E-state index in [1.165, 1.54) is 0 Å². The number of ketones is 1. The molecule has 0 bridgehead atoms. The number of Topliss-reactive ketones (excluding diaryl/α,β-unsaturated/α-hetero) is 1. The van der Waals surface area contributed by atoms with E-state index in [1.54, 1.807) is 7.11 Å². The lowest BCUT2D eigenvalue weighted by molar-refractivity contribution is 0.0917. The number of carbonyl (C=O) groups excluding carboxylic acids is 1. The summed E-state index contributed by atoms with van der Waals surface area (Å²) in [6.45, 7) is 8.89. The molecule has 3 nitrogen and oxygen atoms in total. The average Bonchev–Trinajstić information content (AvgIpc) is 2.50. The molecule has 0 fully saturated rings. The molecule has 1 aromatic rings. The number of nitrogens with zero attached hydrogens (tertiary/aromatic N) is 1. The normalized spacial score (nSPS) is 11.1. The monoisotopic (exact) mass is 277 g/mol. The van der Waals surface area contributed by atoms with Gasteiger partial charge in [0.2, 0.25) is 0 Å². The summed E-state index contributed by atoms with van der Waals surface area (Å²) in [6.07, 6.45) is 2.33. The van der Waals surface area contributed by atoms with Crippen LogP contribution >= 0.6 is 0 Å². The van der Waals surface area contributed by atoms with Crippen LogP contribution in [0.5, 0.6) is 5.75 Å². The van der Waals surface area contributed by atoms with Crippen molar-refractivity contribution >= 4 is 5.78 Å². The third-order valence-corrected chi connectivity index (χ3v) is 3.89. The molecule has 0 atom stereocenters. The lowest BCUT2D eigenvalue weighted by Crippen LogP contribution is -2.34. The van der Waals surface area contributed by atoms with Crippen LogP contribution in [-0.4, -0.2) is 37.4 Å². The van der Waals surface area contributed by atoms with Crippen LogP contribution in [0.2, 0.25) is 0 Å². The summed E-state index contributed by atoms with van der Waals surface area (Å²) in [5, 5.41) is 0. The van der Waals surface area contributed by atoms with Crippen LogP contribution in [0, 0.1) is 5.92 Å². The van der Waals surface area contributed by atoms with Gasteiger partial charge in [0, 0.05) is 6.54 Å². The van der Waals surface area contributed by atoms with Crippen LogP contribution in [-0.2, 0) is 0 Å². The molecule has 1 aromatic carbocycles. The van der Waals surface area contributed by atoms with Crippen molar-refractivity contribution < 1.29 is 9.53 Å². The molecular weight excluding hydrogens is 250 g/mol. The smallest absolute Gasteiger partial charge is 0.180 e. The van der Waals surface area contributed by atoms with Crippen LogP contribution in [0.15, 0.2) is 24.3 Å². The lowest BCUT2D eigenvalue weighted by Gasteiger charge is -2.24. The van der Waals surface area contributed by atoms with Crippen molar-refractivity contribution in [1.82, 2.24) is 4.90 Å². The van der Waals surface area contributed by atoms with E-state index in [0.29, 0.717) is 23.8 Å². The lowest BCUT2D eigenvalue weighted by atomic mass is 10.0. The summed E-state index contributed by atoms with van der Waals surface area (Å²) in [5.41, 5.74) is 0.679. The highest BCUT2D eigenvalue weighted by atomic mass is 16.5. The largest absolute Gasteiger partial charge is 0.496 e. The van der Waals surface area contributed by atoms with E-state index in [9.17, 15) is 4.79 Å². The standard InChI is InChI=1S/C17H27NO2/c1-5-14(6-2)12-18(7-3)13-16(19)15-10-8-9-11-17(15)20-4/h8-11,14H,5-7,12-13H2,1-4H3. The molecule has 0 N–H and O–H groups in total. The van der Waals surface area contributed by atoms with Gasteiger partial charge >= 0.3 is 0 Å². The minimum atomic E-state index is 0.134. The van der Waals surface area contributed by atoms with Crippen molar-refractivity contribution in [3.05, 3.63) is 29.8 Å². The Morgan fingerprint density at radius 1 is 1.20 bits per heavy atom. The molecule has 0 aromatic heterocycles. The third-order valence-electron chi connectivity index (χ3n) is 3.89. The number of methoxy groups -OCH3 is 1. The van der Waals surface area contributed by atoms with E-state index in [1.807, 2.05) is 24.3 Å². The van der Waals surface area contributed by atoms with Gasteiger partial charge in [0.05, 0.1) is 19.2 Å². The zero-order chi connectivity index (χ0) is 15.0. The first-order chi connectivity index (χ1) is 9.65. The van der Waals surface area contributed by atoms with E-state index in [0.717, 1.165) is 25.9 Å². The van der Waals surface area contributed by atoms with Gasteiger partial charge in [-0.05, 0) is 24.6 Å². The molecule has 0 aliphatic carbocycles. The Labute approximate surface area is 122 Å². The first-order valence-electron chi connectivity index (χ1n) is 7.54. The Bertz CT molecular complexity index is 413. The fourth-order valence-electron chi connectivity index (χ4n) is 2.38. The molecule has 3 heteroatoms. The van der Waals surface area contributed by atoms with Crippen molar-refractivity contribution in [3.63, 3.8) is 0 Å². The molecule has 0 saturated heterocycles. The minimum Gasteiger partial charge on any atom is -0.496 e. The Morgan fingerprint density at radius 3 is 2.40 bits per heavy atom. The van der Waals surface area contributed by atoms with Crippen LogP contribution in [0.25, 0.3) is 0 Å². The van der Waals surface area contributed by atoms with Crippen LogP contribution in [0.1, 0.15) is 44.0 Å². The minimum absolute atomic E-state index is 0.134. The van der Waals surface area contributed by atoms with E-state index in [-0.39, 0.29) is 5.78 Å². The molecule has 0 aliphatic heterocycles. The number of carbonyl (C=O) groups is 1. The van der Waals surface area contributed by atoms with Crippen LogP contribution in [0.3, 0.4) is 0 Å². The Balaban J connectivity index is 2.71. The summed E-state index contributed by atoms with van der Waals surface area (Å²) in [6, 6.07) is 7.45. The highest BCUT2D eigenvalue weighted by molar-refractivity contribution is 6.00. The van der Waals surface area contributed by atoms with Gasteiger partial charge in [-0.25, -0.2) is 0 Å². The topological polar surface area (TPSA) is 29.5 Å². The SMILES string of the molecule is CCC(CC)CN(CC)CC(=O)c1ccccc1OC. The van der Waals surface area contributed by atoms with Crippen molar-refractivity contribution in [3.8, 4) is 5.75 Å². The first-order valence-corrected chi connectivity index (χ1v) is 7.54. The summed E-state index contributed by atoms with van der Waals surface area (Å²) in [7, 11) is 1.61. The number of rotatable bonds is 9. The number of ether oxygens (including phenoxy) is 1. The second kappa shape index (κ2) is 8.75. The van der Waals surface area contributed by atoms with Crippen LogP contribution < -0.4 is 4.74 Å². The summed E-state index contributed by atoms with van der Waals surface area (Å²) >= 11 is 0. The molecule has 0 heterocycles. The fourth-order valence-corrected chi connectivity index (χ4v) is 2.38. The average molecular weight is 277 g/mol. The summed E-state index contributed by atoms with van der Waals surface area (Å²) in [4.78, 5) is 14.7. The third kappa shape index (κ3) is 4.64. The van der Waals surface area contributed by atoms with E-state index >= 15 is 0 Å². The quantitative estimate of drug-likeness (QED) is 0.645. The molecule has 0 radical (unpaired) electrons. The molecule has 0 saturated carbocycles. The van der Waals surface area contributed by atoms with Gasteiger partial charge in [-0.15, -0.1) is 0 Å². The maximum atomic E-state index is 12.4. The predicted octanol–water partition coefficient (Wildman–Crippen LogP) is 3.64. The number of hydrogen-bond acceptors (Lipinski definition) is 3. The van der Waals surface area contributed by atoms with Gasteiger partial charge in [0.15, 0.2) is 5.78 Å². The summed E-state index contributed by atoms with van der Waals surface area (Å²) in [5.74, 6) is 1.46. The van der Waals surface area contributed by atoms with E-state index in [4.69, 9.17) is 4.74 Å². The first kappa shape index (κ1) is 16.7. The molecule has 1 rings (SSSR count). The molecule has 0 unspecified atom stereocenters. The Kier molecular flexibility index (Phi) is 7.31. The molecule has 112 valence electrons. The molecule has 0 aliphatic rings. The second-order valence-corrected chi connectivity index (χ2v) is 5.13. The van der Waals surface area contributed by atoms with E-state index in [2.05, 4.69) is 25.7 Å². The maximum Gasteiger partial charge on any atom is 0.180 e. The molecule has 20 heavy (non-hydrogen) atoms. The fraction of sp³-hybridized carbons (Fsp3) is 0.588. The van der Waals surface area contributed by atoms with Gasteiger partial charge in [-0.1, -0.05) is 45.7 Å². The van der Waals surface area contributed by atoms with Gasteiger partial charge in [-0.2, -0.15) is 0 Å². The van der Waals surface area contributed by atoms with Gasteiger partial charge < -0.3 is 4.74 Å². The van der Waals surface area contributed by atoms with Crippen LogP contribution in [0.4, 0.5) is 0 Å². The Morgan fingerprint density at radius 2 is 1.85 bits per heavy atom. The second-order valence-electron chi connectivity index (χ2n) is 5.13. The number of hydrogen-bond donors (Lipinski definition) is 0. The van der Waals surface area contributed by atoms with Gasteiger partial charge in [0.25, 0.3) is 0 Å². The molecular formula is C17H27NO2. The number of likely N-dealkylation sites (N-methyl/N-ethyl adjacent to an activating group) is 1. The molecule has 0 amide bonds. The highest BCUT2D eigenvalue weighted by Gasteiger charge is 2.17. The number of para-hydroxylation sites is 1. The van der Waals surface area contributed by atoms with Crippen molar-refractivity contribution in [2.24, 2.45) is 5.92 Å². The molecule has 0 spiro atoms. The summed E-state index contributed by atoms with van der Waals surface area (Å²) < 4.78 is 5.27. The maximum absolute atomic E-state index is 12.4. The zero-order valence-corrected chi connectivity index (χ0v) is 13.2. The predicted molar refractivity (Wildman–Crippen MR) is 83.5 cm³/mol. The highest BCUT2D eigenvalue weighted by Crippen LogP contribution is 2.18. The van der Waals surface area contributed by atoms with Gasteiger partial charge in [0.1, 0.15) is 5.75 Å². The van der Waals surface area contributed by atoms with Crippen molar-refractivity contribution in [2.45, 2.75) is 33.6 Å².